The van der Waals surface area contributed by atoms with E-state index in [1.165, 1.54) is 25.7 Å². The van der Waals surface area contributed by atoms with Crippen LogP contribution in [0.2, 0.25) is 0 Å². The molecule has 0 spiro atoms. The molecular weight excluding hydrogens is 186 g/mol. The van der Waals surface area contributed by atoms with Crippen LogP contribution in [0.5, 0.6) is 0 Å². The van der Waals surface area contributed by atoms with E-state index in [0.29, 0.717) is 6.04 Å². The van der Waals surface area contributed by atoms with Crippen LogP contribution >= 0.6 is 0 Å². The van der Waals surface area contributed by atoms with E-state index < -0.39 is 0 Å². The van der Waals surface area contributed by atoms with Crippen LogP contribution in [0.1, 0.15) is 53.4 Å². The first-order valence-electron chi connectivity index (χ1n) is 6.48. The zero-order chi connectivity index (χ0) is 11.5. The Balaban J connectivity index is 3.09. The number of hydrogen-bond donors (Lipinski definition) is 1. The highest BCUT2D eigenvalue weighted by atomic mass is 16.5. The summed E-state index contributed by atoms with van der Waals surface area (Å²) in [6.07, 6.45) is 5.06. The molecule has 2 nitrogen and oxygen atoms in total. The highest BCUT2D eigenvalue weighted by molar-refractivity contribution is 4.59. The second-order valence-corrected chi connectivity index (χ2v) is 4.79. The van der Waals surface area contributed by atoms with Crippen molar-refractivity contribution in [1.29, 1.82) is 0 Å². The molecule has 92 valence electrons. The van der Waals surface area contributed by atoms with Crippen molar-refractivity contribution in [3.8, 4) is 0 Å². The molecule has 1 unspecified atom stereocenters. The molecule has 0 aromatic rings. The van der Waals surface area contributed by atoms with Gasteiger partial charge in [0, 0.05) is 19.2 Å². The van der Waals surface area contributed by atoms with Crippen LogP contribution in [0.15, 0.2) is 0 Å². The minimum atomic E-state index is 0.638. The molecule has 0 saturated heterocycles. The van der Waals surface area contributed by atoms with Gasteiger partial charge in [-0.3, -0.25) is 0 Å². The fourth-order valence-electron chi connectivity index (χ4n) is 1.41. The minimum Gasteiger partial charge on any atom is -0.380 e. The van der Waals surface area contributed by atoms with Crippen LogP contribution < -0.4 is 5.32 Å². The highest BCUT2D eigenvalue weighted by Gasteiger charge is 1.99. The average Bonchev–Trinajstić information content (AvgIpc) is 2.19. The first-order chi connectivity index (χ1) is 7.16. The maximum Gasteiger partial charge on any atom is 0.0591 e. The first kappa shape index (κ1) is 14.9. The Bertz CT molecular complexity index is 126. The van der Waals surface area contributed by atoms with E-state index in [1.807, 2.05) is 0 Å². The Morgan fingerprint density at radius 3 is 2.40 bits per heavy atom. The van der Waals surface area contributed by atoms with Gasteiger partial charge in [0.25, 0.3) is 0 Å². The van der Waals surface area contributed by atoms with Gasteiger partial charge in [-0.25, -0.2) is 0 Å². The third-order valence-electron chi connectivity index (χ3n) is 2.57. The number of nitrogens with one attached hydrogen (secondary N) is 1. The van der Waals surface area contributed by atoms with Gasteiger partial charge >= 0.3 is 0 Å². The van der Waals surface area contributed by atoms with Gasteiger partial charge in [0.05, 0.1) is 6.61 Å². The van der Waals surface area contributed by atoms with Gasteiger partial charge in [-0.05, 0) is 25.7 Å². The minimum absolute atomic E-state index is 0.638. The van der Waals surface area contributed by atoms with Gasteiger partial charge in [-0.15, -0.1) is 0 Å². The largest absolute Gasteiger partial charge is 0.380 e. The predicted molar refractivity (Wildman–Crippen MR) is 67.3 cm³/mol. The van der Waals surface area contributed by atoms with Crippen molar-refractivity contribution in [3.63, 3.8) is 0 Å². The zero-order valence-corrected chi connectivity index (χ0v) is 11.0. The van der Waals surface area contributed by atoms with Crippen LogP contribution in [-0.2, 0) is 4.74 Å². The van der Waals surface area contributed by atoms with Gasteiger partial charge in [0.1, 0.15) is 0 Å². The van der Waals surface area contributed by atoms with Gasteiger partial charge < -0.3 is 10.1 Å². The molecule has 0 bridgehead atoms. The molecule has 1 atom stereocenters. The predicted octanol–water partition coefficient (Wildman–Crippen LogP) is 3.22. The van der Waals surface area contributed by atoms with Crippen molar-refractivity contribution >= 4 is 0 Å². The molecule has 1 N–H and O–H groups in total. The van der Waals surface area contributed by atoms with E-state index in [2.05, 4.69) is 33.0 Å². The summed E-state index contributed by atoms with van der Waals surface area (Å²) >= 11 is 0. The SMILES string of the molecule is CCCCC(C)NCCOCCC(C)C. The quantitative estimate of drug-likeness (QED) is 0.565. The smallest absolute Gasteiger partial charge is 0.0591 e. The van der Waals surface area contributed by atoms with Gasteiger partial charge in [-0.2, -0.15) is 0 Å². The topological polar surface area (TPSA) is 21.3 Å². The summed E-state index contributed by atoms with van der Waals surface area (Å²) in [5, 5.41) is 3.48. The van der Waals surface area contributed by atoms with Crippen molar-refractivity contribution in [2.75, 3.05) is 19.8 Å². The number of ether oxygens (including phenoxy) is 1. The van der Waals surface area contributed by atoms with Crippen molar-refractivity contribution in [1.82, 2.24) is 5.32 Å². The summed E-state index contributed by atoms with van der Waals surface area (Å²) in [5.74, 6) is 0.751. The fraction of sp³-hybridized carbons (Fsp3) is 1.00. The lowest BCUT2D eigenvalue weighted by atomic mass is 10.1. The van der Waals surface area contributed by atoms with E-state index >= 15 is 0 Å². The molecule has 2 heteroatoms. The average molecular weight is 215 g/mol. The molecule has 0 saturated carbocycles. The number of hydrogen-bond acceptors (Lipinski definition) is 2. The molecule has 0 aromatic heterocycles. The fourth-order valence-corrected chi connectivity index (χ4v) is 1.41. The molecule has 0 heterocycles. The van der Waals surface area contributed by atoms with Crippen molar-refractivity contribution in [3.05, 3.63) is 0 Å². The van der Waals surface area contributed by atoms with Gasteiger partial charge in [0.2, 0.25) is 0 Å². The summed E-state index contributed by atoms with van der Waals surface area (Å²) in [4.78, 5) is 0. The van der Waals surface area contributed by atoms with Crippen LogP contribution in [-0.4, -0.2) is 25.8 Å². The first-order valence-corrected chi connectivity index (χ1v) is 6.48. The van der Waals surface area contributed by atoms with Gasteiger partial charge in [0.15, 0.2) is 0 Å². The Morgan fingerprint density at radius 2 is 1.80 bits per heavy atom. The number of unbranched alkanes of at least 4 members (excludes halogenated alkanes) is 1. The Kier molecular flexibility index (Phi) is 10.4. The Hall–Kier alpha value is -0.0800. The van der Waals surface area contributed by atoms with Crippen LogP contribution in [0.4, 0.5) is 0 Å². The van der Waals surface area contributed by atoms with Crippen LogP contribution in [0, 0.1) is 5.92 Å². The molecule has 0 radical (unpaired) electrons. The van der Waals surface area contributed by atoms with E-state index in [4.69, 9.17) is 4.74 Å². The highest BCUT2D eigenvalue weighted by Crippen LogP contribution is 2.00. The lowest BCUT2D eigenvalue weighted by Gasteiger charge is -2.13. The maximum atomic E-state index is 5.54. The van der Waals surface area contributed by atoms with E-state index in [1.54, 1.807) is 0 Å². The van der Waals surface area contributed by atoms with E-state index in [9.17, 15) is 0 Å². The van der Waals surface area contributed by atoms with E-state index in [0.717, 1.165) is 25.7 Å². The summed E-state index contributed by atoms with van der Waals surface area (Å²) in [7, 11) is 0. The Morgan fingerprint density at radius 1 is 1.07 bits per heavy atom. The lowest BCUT2D eigenvalue weighted by Crippen LogP contribution is -2.29. The van der Waals surface area contributed by atoms with Crippen LogP contribution in [0.3, 0.4) is 0 Å². The summed E-state index contributed by atoms with van der Waals surface area (Å²) in [6, 6.07) is 0.638. The molecule has 0 aromatic carbocycles. The van der Waals surface area contributed by atoms with Crippen LogP contribution in [0.25, 0.3) is 0 Å². The molecule has 15 heavy (non-hydrogen) atoms. The molecular formula is C13H29NO. The van der Waals surface area contributed by atoms with E-state index in [-0.39, 0.29) is 0 Å². The molecule has 0 rings (SSSR count). The second-order valence-electron chi connectivity index (χ2n) is 4.79. The third kappa shape index (κ3) is 11.8. The van der Waals surface area contributed by atoms with Crippen molar-refractivity contribution in [2.24, 2.45) is 5.92 Å². The van der Waals surface area contributed by atoms with Gasteiger partial charge in [-0.1, -0.05) is 33.6 Å². The molecule has 0 amide bonds. The zero-order valence-electron chi connectivity index (χ0n) is 11.0. The molecule has 0 fully saturated rings. The summed E-state index contributed by atoms with van der Waals surface area (Å²) in [5.41, 5.74) is 0. The standard InChI is InChI=1S/C13H29NO/c1-5-6-7-13(4)14-9-11-15-10-8-12(2)3/h12-14H,5-11H2,1-4H3. The lowest BCUT2D eigenvalue weighted by molar-refractivity contribution is 0.123. The van der Waals surface area contributed by atoms with Crippen molar-refractivity contribution in [2.45, 2.75) is 59.4 Å². The summed E-state index contributed by atoms with van der Waals surface area (Å²) < 4.78 is 5.54. The number of rotatable bonds is 10. The second kappa shape index (κ2) is 10.4. The Labute approximate surface area is 95.8 Å². The molecule has 0 aliphatic heterocycles. The summed E-state index contributed by atoms with van der Waals surface area (Å²) in [6.45, 7) is 11.7. The third-order valence-corrected chi connectivity index (χ3v) is 2.57. The molecule has 0 aliphatic carbocycles. The monoisotopic (exact) mass is 215 g/mol. The van der Waals surface area contributed by atoms with Crippen molar-refractivity contribution < 1.29 is 4.74 Å². The normalized spacial score (nSPS) is 13.4. The molecule has 0 aliphatic rings. The maximum absolute atomic E-state index is 5.54.